The second-order valence-corrected chi connectivity index (χ2v) is 5.30. The summed E-state index contributed by atoms with van der Waals surface area (Å²) in [6.07, 6.45) is 5.51. The average Bonchev–Trinajstić information content (AvgIpc) is 2.40. The minimum Gasteiger partial charge on any atom is -0.370 e. The Kier molecular flexibility index (Phi) is 5.39. The number of hydrogen-bond acceptors (Lipinski definition) is 5. The van der Waals surface area contributed by atoms with Crippen LogP contribution in [0.2, 0.25) is 0 Å². The highest BCUT2D eigenvalue weighted by molar-refractivity contribution is 5.46. The van der Waals surface area contributed by atoms with E-state index in [1.807, 2.05) is 6.07 Å². The van der Waals surface area contributed by atoms with Crippen LogP contribution >= 0.6 is 0 Å². The first-order valence-corrected chi connectivity index (χ1v) is 7.26. The summed E-state index contributed by atoms with van der Waals surface area (Å²) in [6, 6.07) is 1.97. The standard InChI is InChI=1S/C14H25N5/c1-3-15-13-9-14(18-11-17-13)16-7-6-12-5-4-8-19(2)10-12/h9,11-12H,3-8,10H2,1-2H3,(H2,15,16,17,18). The number of likely N-dealkylation sites (tertiary alicyclic amines) is 1. The van der Waals surface area contributed by atoms with Crippen molar-refractivity contribution in [1.29, 1.82) is 0 Å². The van der Waals surface area contributed by atoms with Gasteiger partial charge in [0.25, 0.3) is 0 Å². The molecule has 0 radical (unpaired) electrons. The molecule has 0 aliphatic carbocycles. The molecule has 0 aromatic carbocycles. The SMILES string of the molecule is CCNc1cc(NCCC2CCCN(C)C2)ncn1. The number of anilines is 2. The molecule has 1 fully saturated rings. The van der Waals surface area contributed by atoms with Crippen LogP contribution in [-0.2, 0) is 0 Å². The Labute approximate surface area is 115 Å². The zero-order valence-electron chi connectivity index (χ0n) is 12.0. The molecule has 0 bridgehead atoms. The van der Waals surface area contributed by atoms with E-state index in [-0.39, 0.29) is 0 Å². The van der Waals surface area contributed by atoms with Crippen LogP contribution in [0.15, 0.2) is 12.4 Å². The lowest BCUT2D eigenvalue weighted by Gasteiger charge is -2.29. The smallest absolute Gasteiger partial charge is 0.131 e. The molecule has 1 atom stereocenters. The predicted molar refractivity (Wildman–Crippen MR) is 79.5 cm³/mol. The average molecular weight is 263 g/mol. The summed E-state index contributed by atoms with van der Waals surface area (Å²) < 4.78 is 0. The molecule has 5 nitrogen and oxygen atoms in total. The number of piperidine rings is 1. The molecule has 2 N–H and O–H groups in total. The van der Waals surface area contributed by atoms with Crippen molar-refractivity contribution in [3.05, 3.63) is 12.4 Å². The highest BCUT2D eigenvalue weighted by Gasteiger charge is 2.16. The molecule has 2 rings (SSSR count). The Morgan fingerprint density at radius 3 is 2.84 bits per heavy atom. The highest BCUT2D eigenvalue weighted by atomic mass is 15.1. The lowest BCUT2D eigenvalue weighted by molar-refractivity contribution is 0.205. The predicted octanol–water partition coefficient (Wildman–Crippen LogP) is 2.05. The zero-order valence-corrected chi connectivity index (χ0v) is 12.0. The number of nitrogens with one attached hydrogen (secondary N) is 2. The third-order valence-electron chi connectivity index (χ3n) is 3.61. The van der Waals surface area contributed by atoms with Crippen LogP contribution in [0, 0.1) is 5.92 Å². The van der Waals surface area contributed by atoms with Crippen molar-refractivity contribution >= 4 is 11.6 Å². The maximum atomic E-state index is 4.25. The molecule has 0 spiro atoms. The molecule has 0 saturated carbocycles. The summed E-state index contributed by atoms with van der Waals surface area (Å²) in [6.45, 7) is 6.41. The Balaban J connectivity index is 1.74. The van der Waals surface area contributed by atoms with Crippen LogP contribution in [0.25, 0.3) is 0 Å². The van der Waals surface area contributed by atoms with Crippen LogP contribution in [-0.4, -0.2) is 48.1 Å². The minimum atomic E-state index is 0.821. The first kappa shape index (κ1) is 14.1. The second kappa shape index (κ2) is 7.28. The van der Waals surface area contributed by atoms with E-state index in [2.05, 4.69) is 39.5 Å². The van der Waals surface area contributed by atoms with Crippen molar-refractivity contribution in [2.75, 3.05) is 43.9 Å². The third kappa shape index (κ3) is 4.67. The number of rotatable bonds is 6. The maximum Gasteiger partial charge on any atom is 0.131 e. The van der Waals surface area contributed by atoms with Gasteiger partial charge < -0.3 is 15.5 Å². The van der Waals surface area contributed by atoms with Crippen LogP contribution in [0.4, 0.5) is 11.6 Å². The molecule has 1 saturated heterocycles. The van der Waals surface area contributed by atoms with Gasteiger partial charge in [0.2, 0.25) is 0 Å². The fourth-order valence-electron chi connectivity index (χ4n) is 2.64. The van der Waals surface area contributed by atoms with Crippen LogP contribution < -0.4 is 10.6 Å². The van der Waals surface area contributed by atoms with Gasteiger partial charge in [-0.1, -0.05) is 0 Å². The molecular weight excluding hydrogens is 238 g/mol. The molecule has 1 aromatic heterocycles. The normalized spacial score (nSPS) is 20.2. The molecule has 5 heteroatoms. The molecular formula is C14H25N5. The van der Waals surface area contributed by atoms with Crippen LogP contribution in [0.5, 0.6) is 0 Å². The van der Waals surface area contributed by atoms with Crippen molar-refractivity contribution in [2.45, 2.75) is 26.2 Å². The van der Waals surface area contributed by atoms with E-state index < -0.39 is 0 Å². The molecule has 19 heavy (non-hydrogen) atoms. The molecule has 2 heterocycles. The van der Waals surface area contributed by atoms with Gasteiger partial charge in [-0.25, -0.2) is 9.97 Å². The number of hydrogen-bond donors (Lipinski definition) is 2. The molecule has 0 amide bonds. The van der Waals surface area contributed by atoms with Gasteiger partial charge in [0.05, 0.1) is 0 Å². The van der Waals surface area contributed by atoms with E-state index in [1.165, 1.54) is 32.4 Å². The van der Waals surface area contributed by atoms with Crippen molar-refractivity contribution < 1.29 is 0 Å². The number of aromatic nitrogens is 2. The fourth-order valence-corrected chi connectivity index (χ4v) is 2.64. The van der Waals surface area contributed by atoms with Crippen molar-refractivity contribution in [3.8, 4) is 0 Å². The maximum absolute atomic E-state index is 4.25. The van der Waals surface area contributed by atoms with E-state index in [4.69, 9.17) is 0 Å². The van der Waals surface area contributed by atoms with Crippen molar-refractivity contribution in [3.63, 3.8) is 0 Å². The third-order valence-corrected chi connectivity index (χ3v) is 3.61. The lowest BCUT2D eigenvalue weighted by atomic mass is 9.95. The quantitative estimate of drug-likeness (QED) is 0.822. The van der Waals surface area contributed by atoms with E-state index in [1.54, 1.807) is 6.33 Å². The Hall–Kier alpha value is -1.36. The molecule has 1 aromatic rings. The van der Waals surface area contributed by atoms with Crippen LogP contribution in [0.3, 0.4) is 0 Å². The van der Waals surface area contributed by atoms with Gasteiger partial charge in [0, 0.05) is 25.7 Å². The largest absolute Gasteiger partial charge is 0.370 e. The van der Waals surface area contributed by atoms with Gasteiger partial charge in [0.1, 0.15) is 18.0 Å². The first-order chi connectivity index (χ1) is 9.28. The monoisotopic (exact) mass is 263 g/mol. The Morgan fingerprint density at radius 2 is 2.11 bits per heavy atom. The Bertz CT molecular complexity index is 382. The summed E-state index contributed by atoms with van der Waals surface area (Å²) in [5, 5.41) is 6.59. The fraction of sp³-hybridized carbons (Fsp3) is 0.714. The summed E-state index contributed by atoms with van der Waals surface area (Å²) in [5.74, 6) is 2.62. The van der Waals surface area contributed by atoms with Gasteiger partial charge in [-0.2, -0.15) is 0 Å². The summed E-state index contributed by atoms with van der Waals surface area (Å²) in [7, 11) is 2.21. The van der Waals surface area contributed by atoms with Crippen molar-refractivity contribution in [2.24, 2.45) is 5.92 Å². The molecule has 106 valence electrons. The summed E-state index contributed by atoms with van der Waals surface area (Å²) in [5.41, 5.74) is 0. The number of nitrogens with zero attached hydrogens (tertiary/aromatic N) is 3. The van der Waals surface area contributed by atoms with E-state index in [0.717, 1.165) is 30.6 Å². The van der Waals surface area contributed by atoms with Gasteiger partial charge in [-0.3, -0.25) is 0 Å². The minimum absolute atomic E-state index is 0.821. The molecule has 1 aliphatic heterocycles. The van der Waals surface area contributed by atoms with Gasteiger partial charge in [0.15, 0.2) is 0 Å². The van der Waals surface area contributed by atoms with Gasteiger partial charge in [-0.15, -0.1) is 0 Å². The summed E-state index contributed by atoms with van der Waals surface area (Å²) in [4.78, 5) is 10.8. The van der Waals surface area contributed by atoms with Gasteiger partial charge >= 0.3 is 0 Å². The van der Waals surface area contributed by atoms with E-state index in [9.17, 15) is 0 Å². The van der Waals surface area contributed by atoms with Crippen LogP contribution in [0.1, 0.15) is 26.2 Å². The molecule has 1 aliphatic rings. The van der Waals surface area contributed by atoms with Crippen molar-refractivity contribution in [1.82, 2.24) is 14.9 Å². The van der Waals surface area contributed by atoms with E-state index >= 15 is 0 Å². The molecule has 1 unspecified atom stereocenters. The summed E-state index contributed by atoms with van der Waals surface area (Å²) >= 11 is 0. The lowest BCUT2D eigenvalue weighted by Crippen LogP contribution is -2.32. The zero-order chi connectivity index (χ0) is 13.5. The van der Waals surface area contributed by atoms with E-state index in [0.29, 0.717) is 0 Å². The second-order valence-electron chi connectivity index (χ2n) is 5.30. The van der Waals surface area contributed by atoms with Gasteiger partial charge in [-0.05, 0) is 45.7 Å². The highest BCUT2D eigenvalue weighted by Crippen LogP contribution is 2.18. The first-order valence-electron chi connectivity index (χ1n) is 7.26. The topological polar surface area (TPSA) is 53.1 Å². The Morgan fingerprint density at radius 1 is 1.32 bits per heavy atom.